The van der Waals surface area contributed by atoms with E-state index in [1.807, 2.05) is 97.9 Å². The first-order chi connectivity index (χ1) is 12.2. The maximum absolute atomic E-state index is 12.3. The minimum absolute atomic E-state index is 0.418. The zero-order chi connectivity index (χ0) is 17.7. The van der Waals surface area contributed by atoms with Gasteiger partial charge in [0.15, 0.2) is 0 Å². The first-order valence-corrected chi connectivity index (χ1v) is 10.0. The molecule has 0 fully saturated rings. The second-order valence-electron chi connectivity index (χ2n) is 5.64. The van der Waals surface area contributed by atoms with Crippen LogP contribution < -0.4 is 15.9 Å². The van der Waals surface area contributed by atoms with Crippen LogP contribution in [0.4, 0.5) is 4.79 Å². The molecule has 1 N–H and O–H groups in total. The smallest absolute Gasteiger partial charge is 0.440 e. The van der Waals surface area contributed by atoms with Crippen LogP contribution in [0.5, 0.6) is 0 Å². The van der Waals surface area contributed by atoms with E-state index in [-0.39, 0.29) is 0 Å². The lowest BCUT2D eigenvalue weighted by Gasteiger charge is -2.34. The molecule has 1 amide bonds. The van der Waals surface area contributed by atoms with Crippen molar-refractivity contribution in [1.82, 2.24) is 4.67 Å². The lowest BCUT2D eigenvalue weighted by atomic mass is 10.4. The highest BCUT2D eigenvalue weighted by atomic mass is 31.2. The van der Waals surface area contributed by atoms with E-state index in [2.05, 4.69) is 0 Å². The predicted octanol–water partition coefficient (Wildman–Crippen LogP) is 3.90. The van der Waals surface area contributed by atoms with Gasteiger partial charge in [0.1, 0.15) is 15.9 Å². The molecular weight excluding hydrogens is 329 g/mol. The molecule has 0 aliphatic rings. The van der Waals surface area contributed by atoms with Crippen LogP contribution in [0.1, 0.15) is 6.92 Å². The summed E-state index contributed by atoms with van der Waals surface area (Å²) >= 11 is 0. The first-order valence-electron chi connectivity index (χ1n) is 8.28. The highest BCUT2D eigenvalue weighted by Crippen LogP contribution is 2.58. The minimum Gasteiger partial charge on any atom is -0.463 e. The van der Waals surface area contributed by atoms with E-state index >= 15 is 0 Å². The van der Waals surface area contributed by atoms with Gasteiger partial charge < -0.3 is 5.11 Å². The molecular formula is C21H21NO2P+. The van der Waals surface area contributed by atoms with Crippen molar-refractivity contribution in [3.63, 3.8) is 0 Å². The Hall–Kier alpha value is -2.64. The van der Waals surface area contributed by atoms with Gasteiger partial charge in [0, 0.05) is 0 Å². The summed E-state index contributed by atoms with van der Waals surface area (Å²) in [5, 5.41) is 13.2. The number of benzene rings is 3. The van der Waals surface area contributed by atoms with Crippen LogP contribution in [0.3, 0.4) is 0 Å². The van der Waals surface area contributed by atoms with Gasteiger partial charge in [-0.25, -0.2) is 4.79 Å². The summed E-state index contributed by atoms with van der Waals surface area (Å²) in [6.45, 7) is 2.32. The van der Waals surface area contributed by atoms with Crippen LogP contribution in [0.2, 0.25) is 0 Å². The molecule has 0 saturated heterocycles. The second-order valence-corrected chi connectivity index (χ2v) is 8.94. The molecule has 3 aromatic carbocycles. The Morgan fingerprint density at radius 1 is 0.760 bits per heavy atom. The van der Waals surface area contributed by atoms with Crippen LogP contribution in [-0.2, 0) is 0 Å². The first kappa shape index (κ1) is 17.2. The molecule has 0 spiro atoms. The van der Waals surface area contributed by atoms with E-state index in [1.54, 1.807) is 4.67 Å². The Bertz CT molecular complexity index is 726. The maximum Gasteiger partial charge on any atom is 0.440 e. The number of amides is 1. The van der Waals surface area contributed by atoms with E-state index in [1.165, 1.54) is 0 Å². The van der Waals surface area contributed by atoms with Gasteiger partial charge in [-0.3, -0.25) is 0 Å². The largest absolute Gasteiger partial charge is 0.463 e. The lowest BCUT2D eigenvalue weighted by molar-refractivity contribution is 0.175. The number of carboxylic acid groups (broad SMARTS) is 1. The molecule has 0 saturated carbocycles. The zero-order valence-corrected chi connectivity index (χ0v) is 15.0. The van der Waals surface area contributed by atoms with Crippen LogP contribution >= 0.6 is 7.41 Å². The molecule has 0 radical (unpaired) electrons. The van der Waals surface area contributed by atoms with Crippen LogP contribution in [-0.4, -0.2) is 22.4 Å². The second kappa shape index (κ2) is 7.50. The van der Waals surface area contributed by atoms with Gasteiger partial charge in [-0.1, -0.05) is 54.6 Å². The molecule has 0 aliphatic heterocycles. The van der Waals surface area contributed by atoms with Gasteiger partial charge >= 0.3 is 6.09 Å². The third-order valence-corrected chi connectivity index (χ3v) is 8.59. The Morgan fingerprint density at radius 3 is 1.32 bits per heavy atom. The SMILES string of the molecule is CCN(C(=O)O)[P+](c1ccccc1)(c1ccccc1)c1ccccc1. The van der Waals surface area contributed by atoms with E-state index in [4.69, 9.17) is 0 Å². The van der Waals surface area contributed by atoms with Crippen molar-refractivity contribution in [3.05, 3.63) is 91.0 Å². The average Bonchev–Trinajstić information content (AvgIpc) is 2.68. The highest BCUT2D eigenvalue weighted by Gasteiger charge is 2.53. The zero-order valence-electron chi connectivity index (χ0n) is 14.1. The van der Waals surface area contributed by atoms with Crippen molar-refractivity contribution in [2.24, 2.45) is 0 Å². The third-order valence-electron chi connectivity index (χ3n) is 4.27. The Labute approximate surface area is 148 Å². The number of nitrogens with zero attached hydrogens (tertiary/aromatic N) is 1. The number of rotatable bonds is 5. The van der Waals surface area contributed by atoms with Crippen molar-refractivity contribution in [2.75, 3.05) is 6.54 Å². The van der Waals surface area contributed by atoms with Crippen LogP contribution in [0.15, 0.2) is 91.0 Å². The van der Waals surface area contributed by atoms with Crippen LogP contribution in [0.25, 0.3) is 0 Å². The molecule has 3 aromatic rings. The van der Waals surface area contributed by atoms with E-state index < -0.39 is 13.5 Å². The van der Waals surface area contributed by atoms with Crippen molar-refractivity contribution in [3.8, 4) is 0 Å². The number of carbonyl (C=O) groups is 1. The number of hydrogen-bond acceptors (Lipinski definition) is 1. The van der Waals surface area contributed by atoms with E-state index in [0.29, 0.717) is 6.54 Å². The topological polar surface area (TPSA) is 40.5 Å². The molecule has 0 aromatic heterocycles. The Balaban J connectivity index is 2.42. The molecule has 0 unspecified atom stereocenters. The summed E-state index contributed by atoms with van der Waals surface area (Å²) in [6, 6.07) is 30.0. The highest BCUT2D eigenvalue weighted by molar-refractivity contribution is 7.94. The van der Waals surface area contributed by atoms with Gasteiger partial charge in [-0.05, 0) is 43.3 Å². The number of hydrogen-bond donors (Lipinski definition) is 1. The molecule has 0 heterocycles. The maximum atomic E-state index is 12.3. The Morgan fingerprint density at radius 2 is 1.08 bits per heavy atom. The van der Waals surface area contributed by atoms with Crippen molar-refractivity contribution >= 4 is 29.4 Å². The normalized spacial score (nSPS) is 11.1. The van der Waals surface area contributed by atoms with Gasteiger partial charge in [0.05, 0.1) is 6.54 Å². The summed E-state index contributed by atoms with van der Waals surface area (Å²) < 4.78 is 1.62. The lowest BCUT2D eigenvalue weighted by Crippen LogP contribution is -2.45. The molecule has 0 aliphatic carbocycles. The quantitative estimate of drug-likeness (QED) is 0.709. The van der Waals surface area contributed by atoms with E-state index in [9.17, 15) is 9.90 Å². The monoisotopic (exact) mass is 350 g/mol. The van der Waals surface area contributed by atoms with Crippen molar-refractivity contribution in [1.29, 1.82) is 0 Å². The van der Waals surface area contributed by atoms with Gasteiger partial charge in [-0.15, -0.1) is 0 Å². The molecule has 25 heavy (non-hydrogen) atoms. The fourth-order valence-corrected chi connectivity index (χ4v) is 7.49. The standard InChI is InChI=1S/C21H20NO2P/c1-2-22(21(23)24)25(18-12-6-3-7-13-18,19-14-8-4-9-15-19)20-16-10-5-11-17-20/h3-17H,2H2,1H3/p+1. The molecule has 3 rings (SSSR count). The molecule has 0 bridgehead atoms. The summed E-state index contributed by atoms with van der Waals surface area (Å²) in [4.78, 5) is 12.3. The van der Waals surface area contributed by atoms with Crippen LogP contribution in [0, 0.1) is 0 Å². The van der Waals surface area contributed by atoms with Crippen molar-refractivity contribution in [2.45, 2.75) is 6.92 Å². The molecule has 3 nitrogen and oxygen atoms in total. The molecule has 0 atom stereocenters. The average molecular weight is 350 g/mol. The van der Waals surface area contributed by atoms with Gasteiger partial charge in [0.25, 0.3) is 0 Å². The fraction of sp³-hybridized carbons (Fsp3) is 0.0952. The predicted molar refractivity (Wildman–Crippen MR) is 106 cm³/mol. The summed E-state index contributed by atoms with van der Waals surface area (Å²) in [5.41, 5.74) is 0. The summed E-state index contributed by atoms with van der Waals surface area (Å²) in [6.07, 6.45) is -0.896. The van der Waals surface area contributed by atoms with E-state index in [0.717, 1.165) is 15.9 Å². The summed E-state index contributed by atoms with van der Waals surface area (Å²) in [7, 11) is -2.49. The van der Waals surface area contributed by atoms with Gasteiger partial charge in [-0.2, -0.15) is 4.67 Å². The molecule has 126 valence electrons. The molecule has 4 heteroatoms. The van der Waals surface area contributed by atoms with Gasteiger partial charge in [0.2, 0.25) is 7.41 Å². The van der Waals surface area contributed by atoms with Crippen molar-refractivity contribution < 1.29 is 9.90 Å². The third kappa shape index (κ3) is 3.04. The minimum atomic E-state index is -2.49. The fourth-order valence-electron chi connectivity index (χ4n) is 3.27. The Kier molecular flexibility index (Phi) is 5.16. The summed E-state index contributed by atoms with van der Waals surface area (Å²) in [5.74, 6) is 0.